The molecule has 0 aromatic carbocycles. The molecule has 0 spiro atoms. The molecule has 6 heterocycles. The van der Waals surface area contributed by atoms with Crippen molar-refractivity contribution in [2.24, 2.45) is 24.8 Å². The smallest absolute Gasteiger partial charge is 0.255 e. The number of rotatable bonds is 4. The van der Waals surface area contributed by atoms with E-state index < -0.39 is 0 Å². The number of hydrogen-bond donors (Lipinski definition) is 0. The average molecular weight is 411 g/mol. The molecule has 2 aromatic heterocycles. The van der Waals surface area contributed by atoms with E-state index in [9.17, 15) is 4.79 Å². The molecule has 0 N–H and O–H groups in total. The highest BCUT2D eigenvalue weighted by Gasteiger charge is 2.38. The van der Waals surface area contributed by atoms with Crippen molar-refractivity contribution in [3.63, 3.8) is 0 Å². The minimum Gasteiger partial charge on any atom is -0.381 e. The standard InChI is InChI=1S/C22H30N6O2/c1-25-11-20(23-24-25)12-26-5-15-4-17(8-26)21-3-2-16(22(29)28(21)6-15)7-27-9-18-13-30-14-19(18)10-27/h2-3,11,15,17-19H,4-10,12-14H2,1H3/t15-,17+,18-,19+/m0/s1. The zero-order chi connectivity index (χ0) is 20.2. The third-order valence-electron chi connectivity index (χ3n) is 7.50. The zero-order valence-corrected chi connectivity index (χ0v) is 17.6. The third-order valence-corrected chi connectivity index (χ3v) is 7.50. The highest BCUT2D eigenvalue weighted by molar-refractivity contribution is 5.22. The van der Waals surface area contributed by atoms with Gasteiger partial charge in [0, 0.05) is 88.1 Å². The summed E-state index contributed by atoms with van der Waals surface area (Å²) in [6.45, 7) is 8.37. The highest BCUT2D eigenvalue weighted by Crippen LogP contribution is 2.36. The predicted molar refractivity (Wildman–Crippen MR) is 111 cm³/mol. The summed E-state index contributed by atoms with van der Waals surface area (Å²) in [7, 11) is 1.91. The van der Waals surface area contributed by atoms with E-state index in [1.807, 2.05) is 13.2 Å². The highest BCUT2D eigenvalue weighted by atomic mass is 16.5. The Morgan fingerprint density at radius 2 is 1.83 bits per heavy atom. The van der Waals surface area contributed by atoms with E-state index in [4.69, 9.17) is 4.74 Å². The number of nitrogens with zero attached hydrogens (tertiary/aromatic N) is 6. The fraction of sp³-hybridized carbons (Fsp3) is 0.682. The summed E-state index contributed by atoms with van der Waals surface area (Å²) in [6, 6.07) is 4.32. The van der Waals surface area contributed by atoms with Crippen LogP contribution in [0.4, 0.5) is 0 Å². The molecular weight excluding hydrogens is 380 g/mol. The van der Waals surface area contributed by atoms with Gasteiger partial charge in [-0.05, 0) is 18.4 Å². The Kier molecular flexibility index (Phi) is 4.54. The number of aryl methyl sites for hydroxylation is 1. The van der Waals surface area contributed by atoms with Gasteiger partial charge < -0.3 is 9.30 Å². The van der Waals surface area contributed by atoms with Gasteiger partial charge in [0.25, 0.3) is 5.56 Å². The predicted octanol–water partition coefficient (Wildman–Crippen LogP) is 0.674. The molecule has 0 unspecified atom stereocenters. The summed E-state index contributed by atoms with van der Waals surface area (Å²) in [5.74, 6) is 2.28. The lowest BCUT2D eigenvalue weighted by atomic mass is 9.83. The van der Waals surface area contributed by atoms with E-state index in [0.29, 0.717) is 23.7 Å². The largest absolute Gasteiger partial charge is 0.381 e. The van der Waals surface area contributed by atoms with Crippen LogP contribution in [0, 0.1) is 17.8 Å². The fourth-order valence-corrected chi connectivity index (χ4v) is 6.19. The zero-order valence-electron chi connectivity index (χ0n) is 17.6. The summed E-state index contributed by atoms with van der Waals surface area (Å²) >= 11 is 0. The molecule has 2 bridgehead atoms. The van der Waals surface area contributed by atoms with Crippen molar-refractivity contribution >= 4 is 0 Å². The molecular formula is C22H30N6O2. The molecule has 3 fully saturated rings. The topological polar surface area (TPSA) is 68.4 Å². The number of fused-ring (bicyclic) bond motifs is 5. The van der Waals surface area contributed by atoms with Crippen molar-refractivity contribution in [3.05, 3.63) is 45.6 Å². The Morgan fingerprint density at radius 1 is 1.03 bits per heavy atom. The van der Waals surface area contributed by atoms with Crippen LogP contribution in [0.3, 0.4) is 0 Å². The van der Waals surface area contributed by atoms with Gasteiger partial charge in [0.15, 0.2) is 0 Å². The minimum atomic E-state index is 0.234. The molecule has 8 heteroatoms. The molecule has 0 radical (unpaired) electrons. The maximum atomic E-state index is 13.3. The monoisotopic (exact) mass is 410 g/mol. The fourth-order valence-electron chi connectivity index (χ4n) is 6.19. The molecule has 6 rings (SSSR count). The van der Waals surface area contributed by atoms with Gasteiger partial charge in [0.1, 0.15) is 0 Å². The van der Waals surface area contributed by atoms with Crippen molar-refractivity contribution in [2.75, 3.05) is 39.4 Å². The molecule has 8 nitrogen and oxygen atoms in total. The first-order valence-electron chi connectivity index (χ1n) is 11.2. The molecule has 0 saturated carbocycles. The summed E-state index contributed by atoms with van der Waals surface area (Å²) in [6.07, 6.45) is 3.18. The number of piperidine rings is 1. The van der Waals surface area contributed by atoms with Gasteiger partial charge in [-0.15, -0.1) is 5.10 Å². The lowest BCUT2D eigenvalue weighted by Gasteiger charge is -2.42. The van der Waals surface area contributed by atoms with Crippen LogP contribution < -0.4 is 5.56 Å². The summed E-state index contributed by atoms with van der Waals surface area (Å²) in [5.41, 5.74) is 3.43. The van der Waals surface area contributed by atoms with Gasteiger partial charge in [0.05, 0.1) is 18.9 Å². The van der Waals surface area contributed by atoms with Crippen molar-refractivity contribution in [3.8, 4) is 0 Å². The molecule has 160 valence electrons. The third kappa shape index (κ3) is 3.31. The van der Waals surface area contributed by atoms with Crippen LogP contribution in [-0.2, 0) is 31.4 Å². The van der Waals surface area contributed by atoms with Gasteiger partial charge in [-0.25, -0.2) is 0 Å². The van der Waals surface area contributed by atoms with Gasteiger partial charge in [-0.2, -0.15) is 0 Å². The van der Waals surface area contributed by atoms with Crippen molar-refractivity contribution < 1.29 is 4.74 Å². The van der Waals surface area contributed by atoms with Crippen LogP contribution in [-0.4, -0.2) is 68.8 Å². The Hall–Kier alpha value is -2.03. The van der Waals surface area contributed by atoms with Gasteiger partial charge >= 0.3 is 0 Å². The Labute approximate surface area is 176 Å². The molecule has 4 atom stereocenters. The number of hydrogen-bond acceptors (Lipinski definition) is 6. The van der Waals surface area contributed by atoms with Gasteiger partial charge in [-0.3, -0.25) is 19.3 Å². The van der Waals surface area contributed by atoms with E-state index in [-0.39, 0.29) is 5.56 Å². The summed E-state index contributed by atoms with van der Waals surface area (Å²) in [5, 5.41) is 8.30. The minimum absolute atomic E-state index is 0.234. The molecule has 4 aliphatic rings. The summed E-state index contributed by atoms with van der Waals surface area (Å²) < 4.78 is 9.44. The maximum Gasteiger partial charge on any atom is 0.255 e. The second kappa shape index (κ2) is 7.28. The second-order valence-corrected chi connectivity index (χ2v) is 9.83. The van der Waals surface area contributed by atoms with Crippen LogP contribution >= 0.6 is 0 Å². The molecule has 0 amide bonds. The van der Waals surface area contributed by atoms with Crippen LogP contribution in [0.2, 0.25) is 0 Å². The maximum absolute atomic E-state index is 13.3. The number of likely N-dealkylation sites (tertiary alicyclic amines) is 2. The van der Waals surface area contributed by atoms with E-state index in [0.717, 1.165) is 70.3 Å². The molecule has 3 saturated heterocycles. The normalized spacial score (nSPS) is 31.1. The number of pyridine rings is 1. The SMILES string of the molecule is Cn1cc(CN2C[C@@H]3C[C@H](C2)c2ccc(CN4C[C@H]5COC[C@H]5C4)c(=O)n2C3)nn1. The lowest BCUT2D eigenvalue weighted by molar-refractivity contribution is 0.113. The van der Waals surface area contributed by atoms with Gasteiger partial charge in [-0.1, -0.05) is 11.3 Å². The Morgan fingerprint density at radius 3 is 2.60 bits per heavy atom. The first-order valence-corrected chi connectivity index (χ1v) is 11.2. The molecule has 2 aromatic rings. The van der Waals surface area contributed by atoms with E-state index in [1.54, 1.807) is 4.68 Å². The van der Waals surface area contributed by atoms with E-state index in [1.165, 1.54) is 12.1 Å². The van der Waals surface area contributed by atoms with Crippen LogP contribution in [0.1, 0.15) is 29.3 Å². The van der Waals surface area contributed by atoms with E-state index >= 15 is 0 Å². The lowest BCUT2D eigenvalue weighted by Crippen LogP contribution is -2.47. The Bertz CT molecular complexity index is 988. The first-order chi connectivity index (χ1) is 14.6. The second-order valence-electron chi connectivity index (χ2n) is 9.83. The van der Waals surface area contributed by atoms with Crippen molar-refractivity contribution in [1.29, 1.82) is 0 Å². The number of aromatic nitrogens is 4. The summed E-state index contributed by atoms with van der Waals surface area (Å²) in [4.78, 5) is 18.3. The van der Waals surface area contributed by atoms with Crippen LogP contribution in [0.5, 0.6) is 0 Å². The van der Waals surface area contributed by atoms with Crippen LogP contribution in [0.25, 0.3) is 0 Å². The van der Waals surface area contributed by atoms with Gasteiger partial charge in [0.2, 0.25) is 0 Å². The van der Waals surface area contributed by atoms with Crippen molar-refractivity contribution in [1.82, 2.24) is 29.4 Å². The molecule has 0 aliphatic carbocycles. The first kappa shape index (κ1) is 18.7. The van der Waals surface area contributed by atoms with Crippen molar-refractivity contribution in [2.45, 2.75) is 32.0 Å². The number of ether oxygens (including phenoxy) is 1. The average Bonchev–Trinajstić information content (AvgIpc) is 3.41. The van der Waals surface area contributed by atoms with Crippen LogP contribution in [0.15, 0.2) is 23.1 Å². The molecule has 30 heavy (non-hydrogen) atoms. The molecule has 4 aliphatic heterocycles. The quantitative estimate of drug-likeness (QED) is 0.738. The Balaban J connectivity index is 1.19. The van der Waals surface area contributed by atoms with E-state index in [2.05, 4.69) is 36.8 Å².